The minimum absolute atomic E-state index is 0.217. The van der Waals surface area contributed by atoms with E-state index >= 15 is 0 Å². The number of rotatable bonds is 5. The fourth-order valence-corrected chi connectivity index (χ4v) is 2.50. The molecule has 0 aliphatic rings. The molecule has 0 aliphatic heterocycles. The maximum Gasteiger partial charge on any atom is 0.338 e. The number of fused-ring (bicyclic) bond motifs is 1. The molecule has 136 valence electrons. The lowest BCUT2D eigenvalue weighted by Gasteiger charge is -2.14. The monoisotopic (exact) mass is 363 g/mol. The van der Waals surface area contributed by atoms with Gasteiger partial charge in [0.15, 0.2) is 6.10 Å². The van der Waals surface area contributed by atoms with Gasteiger partial charge in [-0.3, -0.25) is 14.6 Å². The van der Waals surface area contributed by atoms with Gasteiger partial charge < -0.3 is 15.8 Å². The molecular formula is C20H17N3O4. The summed E-state index contributed by atoms with van der Waals surface area (Å²) in [5.74, 6) is -1.73. The van der Waals surface area contributed by atoms with Crippen LogP contribution < -0.4 is 11.1 Å². The number of primary amides is 1. The summed E-state index contributed by atoms with van der Waals surface area (Å²) in [6, 6.07) is 14.7. The molecule has 7 heteroatoms. The van der Waals surface area contributed by atoms with E-state index in [1.807, 2.05) is 12.1 Å². The lowest BCUT2D eigenvalue weighted by molar-refractivity contribution is -0.123. The molecule has 0 aliphatic carbocycles. The molecule has 1 unspecified atom stereocenters. The summed E-state index contributed by atoms with van der Waals surface area (Å²) in [6.45, 7) is 1.48. The number of nitrogens with zero attached hydrogens (tertiary/aromatic N) is 1. The molecule has 1 heterocycles. The molecule has 2 amide bonds. The average molecular weight is 363 g/mol. The molecule has 3 aromatic rings. The van der Waals surface area contributed by atoms with Crippen molar-refractivity contribution in [3.05, 3.63) is 71.9 Å². The fourth-order valence-electron chi connectivity index (χ4n) is 2.50. The summed E-state index contributed by atoms with van der Waals surface area (Å²) in [5.41, 5.74) is 6.98. The summed E-state index contributed by atoms with van der Waals surface area (Å²) in [7, 11) is 0. The van der Waals surface area contributed by atoms with Crippen LogP contribution in [0.5, 0.6) is 0 Å². The first-order valence-corrected chi connectivity index (χ1v) is 8.21. The van der Waals surface area contributed by atoms with Crippen LogP contribution in [-0.2, 0) is 9.53 Å². The van der Waals surface area contributed by atoms with Crippen LogP contribution >= 0.6 is 0 Å². The van der Waals surface area contributed by atoms with Gasteiger partial charge in [-0.1, -0.05) is 6.07 Å². The van der Waals surface area contributed by atoms with Gasteiger partial charge in [-0.15, -0.1) is 0 Å². The second kappa shape index (κ2) is 7.65. The van der Waals surface area contributed by atoms with Crippen molar-refractivity contribution in [1.82, 2.24) is 4.98 Å². The highest BCUT2D eigenvalue weighted by atomic mass is 16.5. The molecule has 3 rings (SSSR count). The Balaban J connectivity index is 1.68. The van der Waals surface area contributed by atoms with E-state index in [1.165, 1.54) is 31.2 Å². The van der Waals surface area contributed by atoms with E-state index in [4.69, 9.17) is 10.5 Å². The van der Waals surface area contributed by atoms with E-state index in [9.17, 15) is 14.4 Å². The van der Waals surface area contributed by atoms with Crippen molar-refractivity contribution < 1.29 is 19.1 Å². The quantitative estimate of drug-likeness (QED) is 0.677. The molecule has 7 nitrogen and oxygen atoms in total. The first-order valence-electron chi connectivity index (χ1n) is 8.21. The molecule has 0 spiro atoms. The largest absolute Gasteiger partial charge is 0.449 e. The van der Waals surface area contributed by atoms with E-state index in [0.717, 1.165) is 10.9 Å². The molecule has 0 radical (unpaired) electrons. The smallest absolute Gasteiger partial charge is 0.338 e. The zero-order valence-electron chi connectivity index (χ0n) is 14.5. The molecular weight excluding hydrogens is 346 g/mol. The number of ether oxygens (including phenoxy) is 1. The summed E-state index contributed by atoms with van der Waals surface area (Å²) < 4.78 is 5.20. The number of pyridine rings is 1. The standard InChI is InChI=1S/C20H17N3O4/c1-12(27-20(26)14-9-7-13(8-10-14)18(21)24)19(25)23-17-6-2-5-16-15(17)4-3-11-22-16/h2-12H,1H3,(H2,21,24)(H,23,25). The maximum absolute atomic E-state index is 12.4. The number of carbonyl (C=O) groups excluding carboxylic acids is 3. The number of hydrogen-bond acceptors (Lipinski definition) is 5. The lowest BCUT2D eigenvalue weighted by atomic mass is 10.1. The zero-order chi connectivity index (χ0) is 19.4. The van der Waals surface area contributed by atoms with Crippen LogP contribution in [0.15, 0.2) is 60.8 Å². The highest BCUT2D eigenvalue weighted by Crippen LogP contribution is 2.21. The van der Waals surface area contributed by atoms with Crippen molar-refractivity contribution in [3.63, 3.8) is 0 Å². The van der Waals surface area contributed by atoms with Crippen LogP contribution in [-0.4, -0.2) is 28.9 Å². The van der Waals surface area contributed by atoms with Gasteiger partial charge in [-0.2, -0.15) is 0 Å². The molecule has 2 aromatic carbocycles. The summed E-state index contributed by atoms with van der Waals surface area (Å²) in [6.07, 6.45) is 0.655. The number of carbonyl (C=O) groups is 3. The van der Waals surface area contributed by atoms with Gasteiger partial charge in [0.25, 0.3) is 5.91 Å². The van der Waals surface area contributed by atoms with Crippen molar-refractivity contribution in [1.29, 1.82) is 0 Å². The number of benzene rings is 2. The van der Waals surface area contributed by atoms with Crippen LogP contribution in [0.3, 0.4) is 0 Å². The van der Waals surface area contributed by atoms with Crippen molar-refractivity contribution >= 4 is 34.4 Å². The van der Waals surface area contributed by atoms with E-state index in [-0.39, 0.29) is 11.1 Å². The summed E-state index contributed by atoms with van der Waals surface area (Å²) in [5, 5.41) is 3.53. The van der Waals surface area contributed by atoms with Crippen LogP contribution in [0.25, 0.3) is 10.9 Å². The van der Waals surface area contributed by atoms with E-state index in [0.29, 0.717) is 5.69 Å². The predicted molar refractivity (Wildman–Crippen MR) is 100 cm³/mol. The van der Waals surface area contributed by atoms with Crippen LogP contribution in [0.1, 0.15) is 27.6 Å². The summed E-state index contributed by atoms with van der Waals surface area (Å²) >= 11 is 0. The highest BCUT2D eigenvalue weighted by Gasteiger charge is 2.20. The molecule has 1 aromatic heterocycles. The van der Waals surface area contributed by atoms with Gasteiger partial charge in [-0.05, 0) is 55.5 Å². The first-order chi connectivity index (χ1) is 13.0. The van der Waals surface area contributed by atoms with Gasteiger partial charge >= 0.3 is 5.97 Å². The molecule has 0 saturated carbocycles. The SMILES string of the molecule is CC(OC(=O)c1ccc(C(N)=O)cc1)C(=O)Nc1cccc2ncccc12. The Morgan fingerprint density at radius 2 is 1.70 bits per heavy atom. The highest BCUT2D eigenvalue weighted by molar-refractivity contribution is 6.03. The predicted octanol–water partition coefficient (Wildman–Crippen LogP) is 2.52. The molecule has 0 saturated heterocycles. The van der Waals surface area contributed by atoms with Gasteiger partial charge in [0.05, 0.1) is 16.8 Å². The van der Waals surface area contributed by atoms with E-state index in [2.05, 4.69) is 10.3 Å². The van der Waals surface area contributed by atoms with Crippen LogP contribution in [0.4, 0.5) is 5.69 Å². The van der Waals surface area contributed by atoms with Gasteiger partial charge in [0, 0.05) is 17.1 Å². The van der Waals surface area contributed by atoms with Crippen molar-refractivity contribution in [2.75, 3.05) is 5.32 Å². The van der Waals surface area contributed by atoms with E-state index < -0.39 is 23.9 Å². The minimum atomic E-state index is -1.01. The third kappa shape index (κ3) is 4.09. The molecule has 1 atom stereocenters. The topological polar surface area (TPSA) is 111 Å². The Morgan fingerprint density at radius 3 is 2.41 bits per heavy atom. The van der Waals surface area contributed by atoms with Crippen LogP contribution in [0, 0.1) is 0 Å². The van der Waals surface area contributed by atoms with Crippen molar-refractivity contribution in [2.24, 2.45) is 5.73 Å². The lowest BCUT2D eigenvalue weighted by Crippen LogP contribution is -2.30. The number of anilines is 1. The zero-order valence-corrected chi connectivity index (χ0v) is 14.5. The molecule has 0 fully saturated rings. The van der Waals surface area contributed by atoms with E-state index in [1.54, 1.807) is 24.4 Å². The Kier molecular flexibility index (Phi) is 5.12. The third-order valence-corrected chi connectivity index (χ3v) is 3.96. The van der Waals surface area contributed by atoms with Crippen molar-refractivity contribution in [2.45, 2.75) is 13.0 Å². The Bertz CT molecular complexity index is 1010. The molecule has 0 bridgehead atoms. The molecule has 27 heavy (non-hydrogen) atoms. The van der Waals surface area contributed by atoms with Crippen LogP contribution in [0.2, 0.25) is 0 Å². The summed E-state index contributed by atoms with van der Waals surface area (Å²) in [4.78, 5) is 39.9. The Labute approximate surface area is 155 Å². The number of hydrogen-bond donors (Lipinski definition) is 2. The minimum Gasteiger partial charge on any atom is -0.449 e. The van der Waals surface area contributed by atoms with Gasteiger partial charge in [0.1, 0.15) is 0 Å². The maximum atomic E-state index is 12.4. The number of esters is 1. The van der Waals surface area contributed by atoms with Gasteiger partial charge in [-0.25, -0.2) is 4.79 Å². The number of aromatic nitrogens is 1. The Morgan fingerprint density at radius 1 is 1.00 bits per heavy atom. The Hall–Kier alpha value is -3.74. The number of nitrogens with two attached hydrogens (primary N) is 1. The first kappa shape index (κ1) is 18.1. The molecule has 3 N–H and O–H groups in total. The second-order valence-electron chi connectivity index (χ2n) is 5.85. The number of amides is 2. The fraction of sp³-hybridized carbons (Fsp3) is 0.100. The van der Waals surface area contributed by atoms with Crippen molar-refractivity contribution in [3.8, 4) is 0 Å². The normalized spacial score (nSPS) is 11.6. The third-order valence-electron chi connectivity index (χ3n) is 3.96. The van der Waals surface area contributed by atoms with Gasteiger partial charge in [0.2, 0.25) is 5.91 Å². The second-order valence-corrected chi connectivity index (χ2v) is 5.85. The average Bonchev–Trinajstić information content (AvgIpc) is 2.68. The number of nitrogens with one attached hydrogen (secondary N) is 1.